The van der Waals surface area contributed by atoms with Crippen molar-refractivity contribution in [1.29, 1.82) is 0 Å². The van der Waals surface area contributed by atoms with Crippen molar-refractivity contribution in [3.05, 3.63) is 68.2 Å². The molecule has 8 nitrogen and oxygen atoms in total. The molecule has 12 heteroatoms. The van der Waals surface area contributed by atoms with E-state index < -0.39 is 27.6 Å². The van der Waals surface area contributed by atoms with Gasteiger partial charge in [0.25, 0.3) is 11.6 Å². The molecule has 2 amide bonds. The zero-order chi connectivity index (χ0) is 24.3. The number of nitro benzene ring substituents is 1. The van der Waals surface area contributed by atoms with E-state index in [2.05, 4.69) is 5.32 Å². The van der Waals surface area contributed by atoms with Crippen molar-refractivity contribution in [1.82, 2.24) is 9.80 Å². The summed E-state index contributed by atoms with van der Waals surface area (Å²) in [6.45, 7) is 2.95. The van der Waals surface area contributed by atoms with Gasteiger partial charge in [-0.25, -0.2) is 0 Å². The maximum atomic E-state index is 13.0. The van der Waals surface area contributed by atoms with E-state index in [1.807, 2.05) is 0 Å². The van der Waals surface area contributed by atoms with Crippen LogP contribution in [0.5, 0.6) is 0 Å². The average Bonchev–Trinajstić information content (AvgIpc) is 2.74. The summed E-state index contributed by atoms with van der Waals surface area (Å²) in [5.74, 6) is -0.755. The van der Waals surface area contributed by atoms with Crippen LogP contribution in [0.25, 0.3) is 0 Å². The zero-order valence-electron chi connectivity index (χ0n) is 17.5. The molecular formula is C21H20ClF3N4O4. The van der Waals surface area contributed by atoms with Gasteiger partial charge in [0.2, 0.25) is 5.91 Å². The number of carbonyl (C=O) groups excluding carboxylic acids is 2. The van der Waals surface area contributed by atoms with Gasteiger partial charge in [-0.2, -0.15) is 13.2 Å². The van der Waals surface area contributed by atoms with Crippen LogP contribution in [0.3, 0.4) is 0 Å². The van der Waals surface area contributed by atoms with Gasteiger partial charge in [-0.05, 0) is 37.3 Å². The number of hydrogen-bond donors (Lipinski definition) is 1. The van der Waals surface area contributed by atoms with Crippen LogP contribution < -0.4 is 5.32 Å². The van der Waals surface area contributed by atoms with Gasteiger partial charge in [-0.3, -0.25) is 24.6 Å². The summed E-state index contributed by atoms with van der Waals surface area (Å²) in [6.07, 6.45) is -4.64. The average molecular weight is 485 g/mol. The maximum absolute atomic E-state index is 13.0. The van der Waals surface area contributed by atoms with Crippen LogP contribution in [0.2, 0.25) is 5.02 Å². The maximum Gasteiger partial charge on any atom is 0.417 e. The lowest BCUT2D eigenvalue weighted by molar-refractivity contribution is -0.385. The molecular weight excluding hydrogens is 465 g/mol. The number of nitrogens with zero attached hydrogens (tertiary/aromatic N) is 3. The summed E-state index contributed by atoms with van der Waals surface area (Å²) in [5.41, 5.74) is -0.385. The molecule has 33 heavy (non-hydrogen) atoms. The van der Waals surface area contributed by atoms with Crippen molar-refractivity contribution in [2.45, 2.75) is 13.1 Å². The Hall–Kier alpha value is -3.18. The molecule has 0 atom stereocenters. The highest BCUT2D eigenvalue weighted by Crippen LogP contribution is 2.36. The molecule has 2 aromatic carbocycles. The van der Waals surface area contributed by atoms with Crippen LogP contribution >= 0.6 is 11.6 Å². The minimum atomic E-state index is -4.64. The topological polar surface area (TPSA) is 95.8 Å². The Bertz CT molecular complexity index is 1090. The van der Waals surface area contributed by atoms with E-state index in [-0.39, 0.29) is 23.8 Å². The molecule has 0 bridgehead atoms. The van der Waals surface area contributed by atoms with Crippen LogP contribution in [0.4, 0.5) is 24.5 Å². The van der Waals surface area contributed by atoms with Gasteiger partial charge in [0.15, 0.2) is 0 Å². The fraction of sp³-hybridized carbons (Fsp3) is 0.333. The van der Waals surface area contributed by atoms with Gasteiger partial charge in [0.1, 0.15) is 0 Å². The fourth-order valence-electron chi connectivity index (χ4n) is 3.51. The molecule has 1 saturated heterocycles. The Morgan fingerprint density at radius 3 is 2.36 bits per heavy atom. The molecule has 0 radical (unpaired) electrons. The van der Waals surface area contributed by atoms with Crippen molar-refractivity contribution in [2.24, 2.45) is 0 Å². The highest BCUT2D eigenvalue weighted by atomic mass is 35.5. The van der Waals surface area contributed by atoms with Gasteiger partial charge < -0.3 is 10.2 Å². The van der Waals surface area contributed by atoms with Crippen molar-refractivity contribution in [2.75, 3.05) is 38.0 Å². The molecule has 1 aliphatic heterocycles. The van der Waals surface area contributed by atoms with Gasteiger partial charge >= 0.3 is 6.18 Å². The first-order valence-electron chi connectivity index (χ1n) is 9.89. The van der Waals surface area contributed by atoms with Crippen LogP contribution in [0.15, 0.2) is 36.4 Å². The Labute approximate surface area is 192 Å². The Kier molecular flexibility index (Phi) is 7.23. The SMILES string of the molecule is Cc1cc(C(=O)N2CCN(CC(=O)Nc3ccc(Cl)c(C(F)(F)F)c3)CC2)ccc1[N+](=O)[O-]. The van der Waals surface area contributed by atoms with Gasteiger partial charge in [-0.15, -0.1) is 0 Å². The normalized spacial score (nSPS) is 14.8. The number of aryl methyl sites for hydroxylation is 1. The number of alkyl halides is 3. The van der Waals surface area contributed by atoms with Crippen LogP contribution in [0, 0.1) is 17.0 Å². The first-order valence-corrected chi connectivity index (χ1v) is 10.3. The molecule has 176 valence electrons. The highest BCUT2D eigenvalue weighted by molar-refractivity contribution is 6.31. The van der Waals surface area contributed by atoms with Gasteiger partial charge in [0.05, 0.1) is 22.1 Å². The second-order valence-corrected chi connectivity index (χ2v) is 7.97. The molecule has 0 aliphatic carbocycles. The predicted octanol–water partition coefficient (Wildman–Crippen LogP) is 3.97. The lowest BCUT2D eigenvalue weighted by Crippen LogP contribution is -2.50. The molecule has 1 heterocycles. The number of carbonyl (C=O) groups is 2. The summed E-state index contributed by atoms with van der Waals surface area (Å²) in [4.78, 5) is 38.8. The van der Waals surface area contributed by atoms with E-state index >= 15 is 0 Å². The number of hydrogen-bond acceptors (Lipinski definition) is 5. The smallest absolute Gasteiger partial charge is 0.336 e. The lowest BCUT2D eigenvalue weighted by atomic mass is 10.1. The third kappa shape index (κ3) is 5.99. The number of rotatable bonds is 5. The summed E-state index contributed by atoms with van der Waals surface area (Å²) in [7, 11) is 0. The summed E-state index contributed by atoms with van der Waals surface area (Å²) in [6, 6.07) is 7.33. The number of nitrogens with one attached hydrogen (secondary N) is 1. The van der Waals surface area contributed by atoms with E-state index in [0.29, 0.717) is 37.3 Å². The van der Waals surface area contributed by atoms with E-state index in [4.69, 9.17) is 11.6 Å². The van der Waals surface area contributed by atoms with E-state index in [1.165, 1.54) is 24.3 Å². The minimum Gasteiger partial charge on any atom is -0.336 e. The third-order valence-electron chi connectivity index (χ3n) is 5.22. The standard InChI is InChI=1S/C21H20ClF3N4O4/c1-13-10-14(2-5-18(13)29(32)33)20(31)28-8-6-27(7-9-28)12-19(30)26-15-3-4-17(22)16(11-15)21(23,24)25/h2-5,10-11H,6-9,12H2,1H3,(H,26,30). The molecule has 0 unspecified atom stereocenters. The van der Waals surface area contributed by atoms with E-state index in [9.17, 15) is 32.9 Å². The first-order chi connectivity index (χ1) is 15.5. The second kappa shape index (κ2) is 9.75. The largest absolute Gasteiger partial charge is 0.417 e. The highest BCUT2D eigenvalue weighted by Gasteiger charge is 2.33. The summed E-state index contributed by atoms with van der Waals surface area (Å²) < 4.78 is 38.9. The quantitative estimate of drug-likeness (QED) is 0.511. The molecule has 1 aliphatic rings. The second-order valence-electron chi connectivity index (χ2n) is 7.57. The third-order valence-corrected chi connectivity index (χ3v) is 5.55. The molecule has 3 rings (SSSR count). The van der Waals surface area contributed by atoms with Crippen molar-refractivity contribution >= 4 is 34.8 Å². The number of halogens is 4. The van der Waals surface area contributed by atoms with Gasteiger partial charge in [-0.1, -0.05) is 11.6 Å². The van der Waals surface area contributed by atoms with Crippen molar-refractivity contribution in [3.8, 4) is 0 Å². The Balaban J connectivity index is 1.54. The van der Waals surface area contributed by atoms with Crippen LogP contribution in [0.1, 0.15) is 21.5 Å². The molecule has 0 saturated carbocycles. The molecule has 1 fully saturated rings. The summed E-state index contributed by atoms with van der Waals surface area (Å²) >= 11 is 5.58. The van der Waals surface area contributed by atoms with Crippen LogP contribution in [-0.2, 0) is 11.0 Å². The lowest BCUT2D eigenvalue weighted by Gasteiger charge is -2.34. The monoisotopic (exact) mass is 484 g/mol. The first kappa shape index (κ1) is 24.5. The number of piperazine rings is 1. The van der Waals surface area contributed by atoms with E-state index in [0.717, 1.165) is 12.1 Å². The van der Waals surface area contributed by atoms with E-state index in [1.54, 1.807) is 16.7 Å². The molecule has 2 aromatic rings. The number of anilines is 1. The fourth-order valence-corrected chi connectivity index (χ4v) is 3.73. The molecule has 0 aromatic heterocycles. The van der Waals surface area contributed by atoms with Gasteiger partial charge in [0, 0.05) is 49.1 Å². The van der Waals surface area contributed by atoms with Crippen molar-refractivity contribution < 1.29 is 27.7 Å². The Morgan fingerprint density at radius 1 is 1.12 bits per heavy atom. The predicted molar refractivity (Wildman–Crippen MR) is 115 cm³/mol. The number of benzene rings is 2. The molecule has 0 spiro atoms. The number of nitro groups is 1. The molecule has 1 N–H and O–H groups in total. The Morgan fingerprint density at radius 2 is 1.79 bits per heavy atom. The van der Waals surface area contributed by atoms with Crippen LogP contribution in [-0.4, -0.2) is 59.3 Å². The van der Waals surface area contributed by atoms with Crippen molar-refractivity contribution in [3.63, 3.8) is 0 Å². The number of amides is 2. The zero-order valence-corrected chi connectivity index (χ0v) is 18.2. The summed E-state index contributed by atoms with van der Waals surface area (Å²) in [5, 5.41) is 12.9. The minimum absolute atomic E-state index is 0.0147.